The molecule has 1 unspecified atom stereocenters. The summed E-state index contributed by atoms with van der Waals surface area (Å²) >= 11 is 0. The smallest absolute Gasteiger partial charge is 0.0325 e. The summed E-state index contributed by atoms with van der Waals surface area (Å²) in [5.41, 5.74) is 0. The second kappa shape index (κ2) is 7.17. The molecule has 0 N–H and O–H groups in total. The molecule has 0 aromatic heterocycles. The molecule has 13 heavy (non-hydrogen) atoms. The summed E-state index contributed by atoms with van der Waals surface area (Å²) in [5.74, 6) is 0.913. The first-order valence-electron chi connectivity index (χ1n) is 6.04. The fourth-order valence-electron chi connectivity index (χ4n) is 2.03. The Hall–Kier alpha value is -0.260. The predicted molar refractivity (Wildman–Crippen MR) is 59.9 cm³/mol. The lowest BCUT2D eigenvalue weighted by molar-refractivity contribution is 0.482. The number of rotatable bonds is 0. The number of hydrogen-bond acceptors (Lipinski definition) is 0. The summed E-state index contributed by atoms with van der Waals surface area (Å²) in [6, 6.07) is 0. The Balaban J connectivity index is 2.22. The van der Waals surface area contributed by atoms with Gasteiger partial charge in [-0.15, -0.1) is 0 Å². The van der Waals surface area contributed by atoms with Gasteiger partial charge < -0.3 is 0 Å². The molecule has 76 valence electrons. The first-order valence-corrected chi connectivity index (χ1v) is 6.04. The molecule has 0 radical (unpaired) electrons. The third-order valence-corrected chi connectivity index (χ3v) is 3.02. The van der Waals surface area contributed by atoms with Crippen molar-refractivity contribution in [1.82, 2.24) is 0 Å². The minimum atomic E-state index is 0.913. The Labute approximate surface area is 83.4 Å². The Kier molecular flexibility index (Phi) is 5.97. The van der Waals surface area contributed by atoms with Crippen molar-refractivity contribution in [2.75, 3.05) is 0 Å². The van der Waals surface area contributed by atoms with Crippen LogP contribution in [0.15, 0.2) is 12.2 Å². The molecule has 0 fully saturated rings. The zero-order valence-corrected chi connectivity index (χ0v) is 9.10. The molecule has 0 heteroatoms. The first-order chi connectivity index (χ1) is 6.39. The number of allylic oxidation sites excluding steroid dienone is 2. The molecule has 0 aromatic rings. The highest BCUT2D eigenvalue weighted by atomic mass is 14.1. The molecule has 0 amide bonds. The van der Waals surface area contributed by atoms with Crippen LogP contribution in [0, 0.1) is 5.92 Å². The van der Waals surface area contributed by atoms with Crippen molar-refractivity contribution in [2.45, 2.75) is 64.7 Å². The maximum absolute atomic E-state index is 2.40. The van der Waals surface area contributed by atoms with Crippen LogP contribution >= 0.6 is 0 Å². The van der Waals surface area contributed by atoms with E-state index in [0.29, 0.717) is 0 Å². The van der Waals surface area contributed by atoms with Crippen molar-refractivity contribution < 1.29 is 0 Å². The molecule has 0 aliphatic heterocycles. The van der Waals surface area contributed by atoms with E-state index in [2.05, 4.69) is 19.1 Å². The first kappa shape index (κ1) is 10.8. The quantitative estimate of drug-likeness (QED) is 0.474. The fraction of sp³-hybridized carbons (Fsp3) is 0.846. The lowest BCUT2D eigenvalue weighted by atomic mass is 9.97. The van der Waals surface area contributed by atoms with E-state index in [1.807, 2.05) is 0 Å². The third kappa shape index (κ3) is 5.90. The van der Waals surface area contributed by atoms with Gasteiger partial charge >= 0.3 is 0 Å². The van der Waals surface area contributed by atoms with E-state index in [-0.39, 0.29) is 0 Å². The average Bonchev–Trinajstić information content (AvgIpc) is 2.11. The van der Waals surface area contributed by atoms with Gasteiger partial charge in [0.25, 0.3) is 0 Å². The van der Waals surface area contributed by atoms with E-state index in [9.17, 15) is 0 Å². The lowest BCUT2D eigenvalue weighted by Gasteiger charge is -2.09. The minimum Gasteiger partial charge on any atom is -0.0885 e. The van der Waals surface area contributed by atoms with Gasteiger partial charge in [-0.25, -0.2) is 0 Å². The molecule has 0 heterocycles. The van der Waals surface area contributed by atoms with Gasteiger partial charge in [0, 0.05) is 0 Å². The van der Waals surface area contributed by atoms with Gasteiger partial charge in [0.2, 0.25) is 0 Å². The normalized spacial score (nSPS) is 30.1. The Morgan fingerprint density at radius 1 is 0.846 bits per heavy atom. The van der Waals surface area contributed by atoms with Crippen LogP contribution in [0.25, 0.3) is 0 Å². The third-order valence-electron chi connectivity index (χ3n) is 3.02. The Bertz CT molecular complexity index is 135. The zero-order valence-electron chi connectivity index (χ0n) is 9.10. The van der Waals surface area contributed by atoms with E-state index < -0.39 is 0 Å². The topological polar surface area (TPSA) is 0 Å². The maximum Gasteiger partial charge on any atom is -0.0325 e. The van der Waals surface area contributed by atoms with E-state index >= 15 is 0 Å². The highest BCUT2D eigenvalue weighted by Crippen LogP contribution is 2.16. The second-order valence-corrected chi connectivity index (χ2v) is 4.51. The molecule has 1 atom stereocenters. The van der Waals surface area contributed by atoms with Gasteiger partial charge in [0.05, 0.1) is 0 Å². The van der Waals surface area contributed by atoms with Crippen LogP contribution in [0.4, 0.5) is 0 Å². The summed E-state index contributed by atoms with van der Waals surface area (Å²) < 4.78 is 0. The Morgan fingerprint density at radius 2 is 1.54 bits per heavy atom. The van der Waals surface area contributed by atoms with Crippen molar-refractivity contribution in [1.29, 1.82) is 0 Å². The molecule has 1 aliphatic carbocycles. The minimum absolute atomic E-state index is 0.913. The van der Waals surface area contributed by atoms with Crippen LogP contribution in [-0.4, -0.2) is 0 Å². The summed E-state index contributed by atoms with van der Waals surface area (Å²) in [6.07, 6.45) is 17.5. The van der Waals surface area contributed by atoms with Crippen LogP contribution < -0.4 is 0 Å². The van der Waals surface area contributed by atoms with E-state index in [1.165, 1.54) is 57.8 Å². The summed E-state index contributed by atoms with van der Waals surface area (Å²) in [6.45, 7) is 2.39. The number of hydrogen-bond donors (Lipinski definition) is 0. The van der Waals surface area contributed by atoms with Gasteiger partial charge in [-0.1, -0.05) is 57.6 Å². The highest BCUT2D eigenvalue weighted by Gasteiger charge is 2.00. The molecule has 0 bridgehead atoms. The molecule has 1 aliphatic rings. The van der Waals surface area contributed by atoms with Crippen molar-refractivity contribution in [3.8, 4) is 0 Å². The van der Waals surface area contributed by atoms with Gasteiger partial charge in [0.1, 0.15) is 0 Å². The fourth-order valence-corrected chi connectivity index (χ4v) is 2.03. The highest BCUT2D eigenvalue weighted by molar-refractivity contribution is 4.83. The standard InChI is InChI=1S/C13H24/c1-13-11-9-7-5-3-2-4-6-8-10-12-13/h7,9,13H,2-6,8,10-12H2,1H3/b9-7-. The lowest BCUT2D eigenvalue weighted by Crippen LogP contribution is -1.93. The molecule has 0 aromatic carbocycles. The summed E-state index contributed by atoms with van der Waals surface area (Å²) in [7, 11) is 0. The summed E-state index contributed by atoms with van der Waals surface area (Å²) in [4.78, 5) is 0. The van der Waals surface area contributed by atoms with Crippen LogP contribution in [0.5, 0.6) is 0 Å². The molecular weight excluding hydrogens is 156 g/mol. The van der Waals surface area contributed by atoms with Crippen molar-refractivity contribution in [3.63, 3.8) is 0 Å². The molecule has 0 spiro atoms. The van der Waals surface area contributed by atoms with Gasteiger partial charge in [-0.05, 0) is 25.2 Å². The molecule has 0 saturated carbocycles. The predicted octanol–water partition coefficient (Wildman–Crippen LogP) is 4.70. The SMILES string of the molecule is CC1C/C=C\CCCCCCCC1. The maximum atomic E-state index is 2.40. The molecule has 0 nitrogen and oxygen atoms in total. The van der Waals surface area contributed by atoms with Crippen LogP contribution in [-0.2, 0) is 0 Å². The van der Waals surface area contributed by atoms with Crippen LogP contribution in [0.1, 0.15) is 64.7 Å². The Morgan fingerprint density at radius 3 is 2.38 bits per heavy atom. The molecular formula is C13H24. The summed E-state index contributed by atoms with van der Waals surface area (Å²) in [5, 5.41) is 0. The van der Waals surface area contributed by atoms with Gasteiger partial charge in [-0.2, -0.15) is 0 Å². The van der Waals surface area contributed by atoms with Crippen LogP contribution in [0.2, 0.25) is 0 Å². The van der Waals surface area contributed by atoms with E-state index in [1.54, 1.807) is 0 Å². The monoisotopic (exact) mass is 180 g/mol. The van der Waals surface area contributed by atoms with E-state index in [4.69, 9.17) is 0 Å². The largest absolute Gasteiger partial charge is 0.0885 e. The van der Waals surface area contributed by atoms with Gasteiger partial charge in [-0.3, -0.25) is 0 Å². The molecule has 0 saturated heterocycles. The van der Waals surface area contributed by atoms with E-state index in [0.717, 1.165) is 5.92 Å². The second-order valence-electron chi connectivity index (χ2n) is 4.51. The van der Waals surface area contributed by atoms with Crippen LogP contribution in [0.3, 0.4) is 0 Å². The van der Waals surface area contributed by atoms with Crippen molar-refractivity contribution in [2.24, 2.45) is 5.92 Å². The van der Waals surface area contributed by atoms with Crippen molar-refractivity contribution >= 4 is 0 Å². The average molecular weight is 180 g/mol. The zero-order chi connectivity index (χ0) is 9.36. The van der Waals surface area contributed by atoms with Gasteiger partial charge in [0.15, 0.2) is 0 Å². The van der Waals surface area contributed by atoms with Crippen molar-refractivity contribution in [3.05, 3.63) is 12.2 Å². The molecule has 1 rings (SSSR count).